The van der Waals surface area contributed by atoms with E-state index < -0.39 is 6.10 Å². The molecule has 5 nitrogen and oxygen atoms in total. The van der Waals surface area contributed by atoms with Gasteiger partial charge < -0.3 is 15.2 Å². The summed E-state index contributed by atoms with van der Waals surface area (Å²) in [5, 5.41) is 13.4. The highest BCUT2D eigenvalue weighted by atomic mass is 35.5. The Hall–Kier alpha value is -2.08. The smallest absolute Gasteiger partial charge is 0.238 e. The number of likely N-dealkylation sites (N-methyl/N-ethyl adjacent to an activating group) is 1. The highest BCUT2D eigenvalue weighted by Crippen LogP contribution is 2.15. The molecule has 2 aromatic carbocycles. The average Bonchev–Trinajstić information content (AvgIpc) is 2.55. The molecule has 6 heteroatoms. The maximum atomic E-state index is 11.9. The second kappa shape index (κ2) is 9.27. The van der Waals surface area contributed by atoms with Gasteiger partial charge in [-0.3, -0.25) is 9.69 Å². The number of amides is 1. The summed E-state index contributed by atoms with van der Waals surface area (Å²) < 4.78 is 5.49. The standard InChI is InChI=1S/C18H21ClN2O3/c1-21(12-18(23)20-15-5-3-2-4-6-15)11-16(22)13-24-17-9-7-14(19)8-10-17/h2-10,16,22H,11-13H2,1H3,(H,20,23). The van der Waals surface area contributed by atoms with Crippen LogP contribution in [-0.4, -0.2) is 48.8 Å². The van der Waals surface area contributed by atoms with Gasteiger partial charge >= 0.3 is 0 Å². The van der Waals surface area contributed by atoms with Gasteiger partial charge in [-0.2, -0.15) is 0 Å². The van der Waals surface area contributed by atoms with Gasteiger partial charge in [-0.15, -0.1) is 0 Å². The lowest BCUT2D eigenvalue weighted by Crippen LogP contribution is -2.37. The molecule has 1 amide bonds. The molecule has 24 heavy (non-hydrogen) atoms. The van der Waals surface area contributed by atoms with Crippen LogP contribution in [0.4, 0.5) is 5.69 Å². The first kappa shape index (κ1) is 18.3. The third kappa shape index (κ3) is 6.58. The molecule has 1 unspecified atom stereocenters. The van der Waals surface area contributed by atoms with Crippen LogP contribution in [0.15, 0.2) is 54.6 Å². The predicted molar refractivity (Wildman–Crippen MR) is 95.5 cm³/mol. The maximum absolute atomic E-state index is 11.9. The van der Waals surface area contributed by atoms with E-state index in [1.54, 1.807) is 36.2 Å². The number of hydrogen-bond donors (Lipinski definition) is 2. The number of halogens is 1. The molecular formula is C18H21ClN2O3. The minimum Gasteiger partial charge on any atom is -0.491 e. The number of aliphatic hydroxyl groups excluding tert-OH is 1. The van der Waals surface area contributed by atoms with Crippen molar-refractivity contribution < 1.29 is 14.6 Å². The predicted octanol–water partition coefficient (Wildman–Crippen LogP) is 2.65. The summed E-state index contributed by atoms with van der Waals surface area (Å²) >= 11 is 5.80. The topological polar surface area (TPSA) is 61.8 Å². The van der Waals surface area contributed by atoms with Crippen LogP contribution in [0.2, 0.25) is 5.02 Å². The lowest BCUT2D eigenvalue weighted by molar-refractivity contribution is -0.117. The van der Waals surface area contributed by atoms with Crippen LogP contribution in [0.3, 0.4) is 0 Å². The first-order valence-electron chi connectivity index (χ1n) is 7.63. The van der Waals surface area contributed by atoms with Crippen molar-refractivity contribution in [2.45, 2.75) is 6.10 Å². The Kier molecular flexibility index (Phi) is 7.06. The second-order valence-electron chi connectivity index (χ2n) is 5.53. The summed E-state index contributed by atoms with van der Waals surface area (Å²) in [5.74, 6) is 0.512. The molecule has 0 bridgehead atoms. The van der Waals surface area contributed by atoms with Gasteiger partial charge in [0.25, 0.3) is 0 Å². The second-order valence-corrected chi connectivity index (χ2v) is 5.97. The number of benzene rings is 2. The Balaban J connectivity index is 1.70. The number of ether oxygens (including phenoxy) is 1. The van der Waals surface area contributed by atoms with Crippen LogP contribution in [0.5, 0.6) is 5.75 Å². The number of carbonyl (C=O) groups excluding carboxylic acids is 1. The maximum Gasteiger partial charge on any atom is 0.238 e. The van der Waals surface area contributed by atoms with Crippen molar-refractivity contribution in [2.24, 2.45) is 0 Å². The first-order valence-corrected chi connectivity index (χ1v) is 8.00. The van der Waals surface area contributed by atoms with Crippen molar-refractivity contribution in [1.82, 2.24) is 4.90 Å². The molecule has 2 aromatic rings. The fraction of sp³-hybridized carbons (Fsp3) is 0.278. The normalized spacial score (nSPS) is 12.0. The SMILES string of the molecule is CN(CC(=O)Nc1ccccc1)CC(O)COc1ccc(Cl)cc1. The average molecular weight is 349 g/mol. The van der Waals surface area contributed by atoms with Crippen molar-refractivity contribution >= 4 is 23.2 Å². The number of anilines is 1. The Morgan fingerprint density at radius 2 is 1.88 bits per heavy atom. The van der Waals surface area contributed by atoms with Gasteiger partial charge in [-0.25, -0.2) is 0 Å². The Morgan fingerprint density at radius 1 is 1.21 bits per heavy atom. The molecule has 0 radical (unpaired) electrons. The number of nitrogens with one attached hydrogen (secondary N) is 1. The molecule has 0 saturated carbocycles. The van der Waals surface area contributed by atoms with Gasteiger partial charge in [0, 0.05) is 17.3 Å². The molecule has 128 valence electrons. The quantitative estimate of drug-likeness (QED) is 0.770. The summed E-state index contributed by atoms with van der Waals surface area (Å²) in [5.41, 5.74) is 0.752. The van der Waals surface area contributed by atoms with Gasteiger partial charge in [-0.1, -0.05) is 29.8 Å². The van der Waals surface area contributed by atoms with Crippen LogP contribution < -0.4 is 10.1 Å². The fourth-order valence-corrected chi connectivity index (χ4v) is 2.29. The van der Waals surface area contributed by atoms with E-state index >= 15 is 0 Å². The number of carbonyl (C=O) groups is 1. The van der Waals surface area contributed by atoms with E-state index in [-0.39, 0.29) is 19.1 Å². The van der Waals surface area contributed by atoms with Crippen LogP contribution in [0, 0.1) is 0 Å². The van der Waals surface area contributed by atoms with E-state index in [1.165, 1.54) is 0 Å². The zero-order valence-electron chi connectivity index (χ0n) is 13.5. The Bertz CT molecular complexity index is 634. The van der Waals surface area contributed by atoms with Gasteiger partial charge in [0.1, 0.15) is 18.5 Å². The summed E-state index contributed by atoms with van der Waals surface area (Å²) in [4.78, 5) is 13.7. The van der Waals surface area contributed by atoms with Crippen LogP contribution >= 0.6 is 11.6 Å². The number of rotatable bonds is 8. The van der Waals surface area contributed by atoms with Crippen molar-refractivity contribution in [1.29, 1.82) is 0 Å². The van der Waals surface area contributed by atoms with E-state index in [0.29, 0.717) is 17.3 Å². The lowest BCUT2D eigenvalue weighted by atomic mass is 10.3. The highest BCUT2D eigenvalue weighted by Gasteiger charge is 2.12. The molecule has 2 N–H and O–H groups in total. The molecule has 0 saturated heterocycles. The molecule has 0 spiro atoms. The van der Waals surface area contributed by atoms with Crippen molar-refractivity contribution in [3.8, 4) is 5.75 Å². The zero-order chi connectivity index (χ0) is 17.4. The monoisotopic (exact) mass is 348 g/mol. The summed E-state index contributed by atoms with van der Waals surface area (Å²) in [6, 6.07) is 16.2. The van der Waals surface area contributed by atoms with Gasteiger partial charge in [0.2, 0.25) is 5.91 Å². The Labute approximate surface area is 146 Å². The number of para-hydroxylation sites is 1. The first-order chi connectivity index (χ1) is 11.5. The van der Waals surface area contributed by atoms with E-state index in [4.69, 9.17) is 16.3 Å². The molecule has 0 aromatic heterocycles. The molecule has 2 rings (SSSR count). The molecular weight excluding hydrogens is 328 g/mol. The molecule has 0 aliphatic rings. The van der Waals surface area contributed by atoms with Gasteiger partial charge in [0.15, 0.2) is 0 Å². The van der Waals surface area contributed by atoms with Gasteiger partial charge in [0.05, 0.1) is 6.54 Å². The van der Waals surface area contributed by atoms with E-state index in [0.717, 1.165) is 5.69 Å². The third-order valence-electron chi connectivity index (χ3n) is 3.25. The number of nitrogens with zero attached hydrogens (tertiary/aromatic N) is 1. The van der Waals surface area contributed by atoms with E-state index in [9.17, 15) is 9.90 Å². The Morgan fingerprint density at radius 3 is 2.54 bits per heavy atom. The molecule has 0 aliphatic heterocycles. The van der Waals surface area contributed by atoms with E-state index in [2.05, 4.69) is 5.32 Å². The van der Waals surface area contributed by atoms with Crippen LogP contribution in [-0.2, 0) is 4.79 Å². The lowest BCUT2D eigenvalue weighted by Gasteiger charge is -2.20. The molecule has 0 aliphatic carbocycles. The number of hydrogen-bond acceptors (Lipinski definition) is 4. The molecule has 0 fully saturated rings. The van der Waals surface area contributed by atoms with Crippen LogP contribution in [0.1, 0.15) is 0 Å². The minimum atomic E-state index is -0.699. The van der Waals surface area contributed by atoms with Gasteiger partial charge in [-0.05, 0) is 43.4 Å². The third-order valence-corrected chi connectivity index (χ3v) is 3.50. The van der Waals surface area contributed by atoms with Crippen LogP contribution in [0.25, 0.3) is 0 Å². The molecule has 1 atom stereocenters. The van der Waals surface area contributed by atoms with Crippen molar-refractivity contribution in [2.75, 3.05) is 32.1 Å². The number of aliphatic hydroxyl groups is 1. The van der Waals surface area contributed by atoms with E-state index in [1.807, 2.05) is 30.3 Å². The minimum absolute atomic E-state index is 0.130. The summed E-state index contributed by atoms with van der Waals surface area (Å²) in [6.07, 6.45) is -0.699. The van der Waals surface area contributed by atoms with Crippen molar-refractivity contribution in [3.63, 3.8) is 0 Å². The van der Waals surface area contributed by atoms with Crippen molar-refractivity contribution in [3.05, 3.63) is 59.6 Å². The fourth-order valence-electron chi connectivity index (χ4n) is 2.17. The molecule has 0 heterocycles. The summed E-state index contributed by atoms with van der Waals surface area (Å²) in [7, 11) is 1.77. The largest absolute Gasteiger partial charge is 0.491 e. The highest BCUT2D eigenvalue weighted by molar-refractivity contribution is 6.30. The zero-order valence-corrected chi connectivity index (χ0v) is 14.2. The summed E-state index contributed by atoms with van der Waals surface area (Å²) in [6.45, 7) is 0.662.